The van der Waals surface area contributed by atoms with E-state index in [1.54, 1.807) is 24.5 Å². The minimum atomic E-state index is -0.294. The van der Waals surface area contributed by atoms with Crippen molar-refractivity contribution in [2.75, 3.05) is 7.11 Å². The Morgan fingerprint density at radius 3 is 2.56 bits per heavy atom. The van der Waals surface area contributed by atoms with E-state index in [1.165, 1.54) is 0 Å². The van der Waals surface area contributed by atoms with Gasteiger partial charge in [0.15, 0.2) is 0 Å². The Morgan fingerprint density at radius 2 is 2.00 bits per heavy atom. The second-order valence-corrected chi connectivity index (χ2v) is 7.57. The van der Waals surface area contributed by atoms with Crippen LogP contribution in [0.4, 0.5) is 0 Å². The number of methoxy groups -OCH3 is 1. The number of hydrogen-bond acceptors (Lipinski definition) is 2. The van der Waals surface area contributed by atoms with Gasteiger partial charge in [0.2, 0.25) is 0 Å². The zero-order chi connectivity index (χ0) is 13.3. The molecule has 6 heteroatoms. The molecule has 0 N–H and O–H groups in total. The summed E-state index contributed by atoms with van der Waals surface area (Å²) in [6.45, 7) is 0. The van der Waals surface area contributed by atoms with E-state index in [2.05, 4.69) is 31.9 Å². The van der Waals surface area contributed by atoms with Crippen molar-refractivity contribution < 1.29 is 4.74 Å². The molecule has 0 aliphatic rings. The van der Waals surface area contributed by atoms with E-state index >= 15 is 0 Å². The average Bonchev–Trinajstić information content (AvgIpc) is 2.74. The summed E-state index contributed by atoms with van der Waals surface area (Å²) in [7, 11) is 1.62. The maximum atomic E-state index is 6.50. The van der Waals surface area contributed by atoms with Gasteiger partial charge in [0, 0.05) is 10.6 Å². The first-order valence-corrected chi connectivity index (χ1v) is 8.22. The van der Waals surface area contributed by atoms with Crippen LogP contribution < -0.4 is 4.74 Å². The molecular weight excluding hydrogens is 423 g/mol. The SMILES string of the molecule is COc1c(Br)cc(Cl)cc1C(Cl)c1csc(Br)c1. The Bertz CT molecular complexity index is 571. The van der Waals surface area contributed by atoms with Crippen LogP contribution in [0.3, 0.4) is 0 Å². The van der Waals surface area contributed by atoms with Gasteiger partial charge in [-0.1, -0.05) is 11.6 Å². The molecule has 0 saturated carbocycles. The molecule has 2 aromatic rings. The summed E-state index contributed by atoms with van der Waals surface area (Å²) in [5.41, 5.74) is 1.87. The minimum Gasteiger partial charge on any atom is -0.495 e. The number of alkyl halides is 1. The van der Waals surface area contributed by atoms with Gasteiger partial charge in [-0.15, -0.1) is 22.9 Å². The number of rotatable bonds is 3. The maximum Gasteiger partial charge on any atom is 0.138 e. The van der Waals surface area contributed by atoms with E-state index < -0.39 is 0 Å². The van der Waals surface area contributed by atoms with Crippen molar-refractivity contribution in [3.8, 4) is 5.75 Å². The summed E-state index contributed by atoms with van der Waals surface area (Å²) in [5, 5.41) is 2.34. The molecule has 1 heterocycles. The van der Waals surface area contributed by atoms with Crippen molar-refractivity contribution in [2.24, 2.45) is 0 Å². The van der Waals surface area contributed by atoms with E-state index in [1.807, 2.05) is 17.5 Å². The lowest BCUT2D eigenvalue weighted by atomic mass is 10.1. The second kappa shape index (κ2) is 6.14. The highest BCUT2D eigenvalue weighted by Gasteiger charge is 2.19. The van der Waals surface area contributed by atoms with Crippen LogP contribution in [0.25, 0.3) is 0 Å². The molecule has 0 bridgehead atoms. The van der Waals surface area contributed by atoms with Crippen LogP contribution in [-0.2, 0) is 0 Å². The van der Waals surface area contributed by atoms with Crippen molar-refractivity contribution in [3.63, 3.8) is 0 Å². The number of hydrogen-bond donors (Lipinski definition) is 0. The topological polar surface area (TPSA) is 9.23 Å². The average molecular weight is 431 g/mol. The number of ether oxygens (including phenoxy) is 1. The summed E-state index contributed by atoms with van der Waals surface area (Å²) >= 11 is 21.0. The lowest BCUT2D eigenvalue weighted by Gasteiger charge is -2.15. The molecule has 1 aromatic heterocycles. The van der Waals surface area contributed by atoms with E-state index in [-0.39, 0.29) is 5.38 Å². The third-order valence-corrected chi connectivity index (χ3v) is 5.21. The van der Waals surface area contributed by atoms with Gasteiger partial charge in [-0.05, 0) is 61.0 Å². The van der Waals surface area contributed by atoms with Gasteiger partial charge in [0.1, 0.15) is 5.75 Å². The Hall–Kier alpha value is 0.260. The number of benzene rings is 1. The molecule has 1 atom stereocenters. The quantitative estimate of drug-likeness (QED) is 0.522. The summed E-state index contributed by atoms with van der Waals surface area (Å²) in [5.74, 6) is 0.710. The highest BCUT2D eigenvalue weighted by Crippen LogP contribution is 2.42. The fourth-order valence-corrected chi connectivity index (χ4v) is 4.18. The van der Waals surface area contributed by atoms with E-state index in [0.29, 0.717) is 10.8 Å². The van der Waals surface area contributed by atoms with Crippen molar-refractivity contribution >= 4 is 66.4 Å². The normalized spacial score (nSPS) is 12.5. The summed E-state index contributed by atoms with van der Waals surface area (Å²) in [6.07, 6.45) is 0. The largest absolute Gasteiger partial charge is 0.495 e. The highest BCUT2D eigenvalue weighted by molar-refractivity contribution is 9.11. The molecule has 0 aliphatic carbocycles. The molecule has 0 saturated heterocycles. The smallest absolute Gasteiger partial charge is 0.138 e. The molecule has 1 unspecified atom stereocenters. The number of thiophene rings is 1. The molecule has 96 valence electrons. The van der Waals surface area contributed by atoms with E-state index in [9.17, 15) is 0 Å². The van der Waals surface area contributed by atoms with Crippen LogP contribution in [0, 0.1) is 0 Å². The van der Waals surface area contributed by atoms with Crippen LogP contribution in [0.5, 0.6) is 5.75 Å². The monoisotopic (exact) mass is 428 g/mol. The van der Waals surface area contributed by atoms with Crippen LogP contribution in [0.2, 0.25) is 5.02 Å². The van der Waals surface area contributed by atoms with Crippen LogP contribution in [0.15, 0.2) is 31.8 Å². The molecule has 0 fully saturated rings. The molecule has 1 nitrogen and oxygen atoms in total. The van der Waals surface area contributed by atoms with Crippen molar-refractivity contribution in [1.29, 1.82) is 0 Å². The lowest BCUT2D eigenvalue weighted by molar-refractivity contribution is 0.407. The van der Waals surface area contributed by atoms with Crippen LogP contribution in [0.1, 0.15) is 16.5 Å². The molecule has 18 heavy (non-hydrogen) atoms. The molecular formula is C12H8Br2Cl2OS. The molecule has 0 spiro atoms. The van der Waals surface area contributed by atoms with Gasteiger partial charge in [-0.25, -0.2) is 0 Å². The molecule has 0 amide bonds. The van der Waals surface area contributed by atoms with Gasteiger partial charge >= 0.3 is 0 Å². The molecule has 0 aliphatic heterocycles. The van der Waals surface area contributed by atoms with Gasteiger partial charge < -0.3 is 4.74 Å². The zero-order valence-electron chi connectivity index (χ0n) is 9.22. The van der Waals surface area contributed by atoms with Gasteiger partial charge in [0.05, 0.1) is 20.7 Å². The molecule has 0 radical (unpaired) electrons. The third kappa shape index (κ3) is 3.05. The van der Waals surface area contributed by atoms with E-state index in [4.69, 9.17) is 27.9 Å². The predicted octanol–water partition coefficient (Wildman–Crippen LogP) is 6.26. The van der Waals surface area contributed by atoms with Gasteiger partial charge in [0.25, 0.3) is 0 Å². The number of halogens is 4. The van der Waals surface area contributed by atoms with Gasteiger partial charge in [-0.3, -0.25) is 0 Å². The standard InChI is InChI=1S/C12H8Br2Cl2OS/c1-17-12-8(3-7(15)4-9(12)13)11(16)6-2-10(14)18-5-6/h2-5,11H,1H3. The Kier molecular flexibility index (Phi) is 5.00. The lowest BCUT2D eigenvalue weighted by Crippen LogP contribution is -1.97. The van der Waals surface area contributed by atoms with Crippen LogP contribution in [-0.4, -0.2) is 7.11 Å². The predicted molar refractivity (Wildman–Crippen MR) is 85.4 cm³/mol. The summed E-state index contributed by atoms with van der Waals surface area (Å²) in [4.78, 5) is 0. The first-order chi connectivity index (χ1) is 8.52. The van der Waals surface area contributed by atoms with Crippen molar-refractivity contribution in [1.82, 2.24) is 0 Å². The molecule has 2 rings (SSSR count). The first kappa shape index (κ1) is 14.7. The van der Waals surface area contributed by atoms with Crippen molar-refractivity contribution in [3.05, 3.63) is 48.0 Å². The molecule has 1 aromatic carbocycles. The second-order valence-electron chi connectivity index (χ2n) is 3.56. The van der Waals surface area contributed by atoms with Gasteiger partial charge in [-0.2, -0.15) is 0 Å². The fourth-order valence-electron chi connectivity index (χ4n) is 1.62. The maximum absolute atomic E-state index is 6.50. The van der Waals surface area contributed by atoms with E-state index in [0.717, 1.165) is 19.4 Å². The highest BCUT2D eigenvalue weighted by atomic mass is 79.9. The summed E-state index contributed by atoms with van der Waals surface area (Å²) in [6, 6.07) is 5.61. The first-order valence-electron chi connectivity index (χ1n) is 4.94. The minimum absolute atomic E-state index is 0.294. The van der Waals surface area contributed by atoms with Crippen LogP contribution >= 0.6 is 66.4 Å². The van der Waals surface area contributed by atoms with Crippen molar-refractivity contribution in [2.45, 2.75) is 5.38 Å². The summed E-state index contributed by atoms with van der Waals surface area (Å²) < 4.78 is 7.23. The Morgan fingerprint density at radius 1 is 1.28 bits per heavy atom. The Labute approximate surface area is 136 Å². The third-order valence-electron chi connectivity index (χ3n) is 2.39. The fraction of sp³-hybridized carbons (Fsp3) is 0.167. The zero-order valence-corrected chi connectivity index (χ0v) is 14.7. The Balaban J connectivity index is 2.49.